The second-order valence-corrected chi connectivity index (χ2v) is 7.15. The van der Waals surface area contributed by atoms with Crippen LogP contribution in [-0.2, 0) is 11.2 Å². The number of aryl methyl sites for hydroxylation is 1. The van der Waals surface area contributed by atoms with Crippen LogP contribution in [0, 0.1) is 0 Å². The standard InChI is InChI=1S/C23H26N2O5/c1-2-3-4-5-16-6-8-17(9-7-16)19(26)11-13-22(27)24-25-23(28)18-10-12-20-21(14-18)30-15-29-20/h6-10,12,14H,2-5,11,13,15H2,1H3,(H,24,27)(H,25,28). The number of carbonyl (C=O) groups is 3. The van der Waals surface area contributed by atoms with Gasteiger partial charge in [0, 0.05) is 24.0 Å². The van der Waals surface area contributed by atoms with Crippen molar-refractivity contribution < 1.29 is 23.9 Å². The van der Waals surface area contributed by atoms with Crippen molar-refractivity contribution in [3.8, 4) is 11.5 Å². The summed E-state index contributed by atoms with van der Waals surface area (Å²) in [5, 5.41) is 0. The summed E-state index contributed by atoms with van der Waals surface area (Å²) in [6, 6.07) is 12.3. The second-order valence-electron chi connectivity index (χ2n) is 7.15. The van der Waals surface area contributed by atoms with E-state index in [-0.39, 0.29) is 25.4 Å². The Bertz CT molecular complexity index is 908. The van der Waals surface area contributed by atoms with Crippen molar-refractivity contribution in [2.75, 3.05) is 6.79 Å². The molecule has 0 saturated carbocycles. The van der Waals surface area contributed by atoms with Crippen LogP contribution in [0.25, 0.3) is 0 Å². The summed E-state index contributed by atoms with van der Waals surface area (Å²) < 4.78 is 10.4. The number of carbonyl (C=O) groups excluding carboxylic acids is 3. The number of ether oxygens (including phenoxy) is 2. The molecule has 2 aromatic carbocycles. The highest BCUT2D eigenvalue weighted by Crippen LogP contribution is 2.32. The van der Waals surface area contributed by atoms with Crippen LogP contribution in [0.3, 0.4) is 0 Å². The molecule has 0 aromatic heterocycles. The number of ketones is 1. The van der Waals surface area contributed by atoms with E-state index in [1.54, 1.807) is 18.2 Å². The van der Waals surface area contributed by atoms with Gasteiger partial charge in [0.1, 0.15) is 0 Å². The summed E-state index contributed by atoms with van der Waals surface area (Å²) >= 11 is 0. The smallest absolute Gasteiger partial charge is 0.269 e. The monoisotopic (exact) mass is 410 g/mol. The zero-order valence-corrected chi connectivity index (χ0v) is 17.0. The Morgan fingerprint density at radius 3 is 2.37 bits per heavy atom. The summed E-state index contributed by atoms with van der Waals surface area (Å²) in [5.41, 5.74) is 6.80. The van der Waals surface area contributed by atoms with Crippen LogP contribution in [0.1, 0.15) is 65.3 Å². The lowest BCUT2D eigenvalue weighted by molar-refractivity contribution is -0.121. The van der Waals surface area contributed by atoms with E-state index in [9.17, 15) is 14.4 Å². The van der Waals surface area contributed by atoms with Crippen molar-refractivity contribution in [3.63, 3.8) is 0 Å². The number of amides is 2. The fourth-order valence-electron chi connectivity index (χ4n) is 3.11. The molecule has 0 unspecified atom stereocenters. The second kappa shape index (κ2) is 10.4. The van der Waals surface area contributed by atoms with Gasteiger partial charge >= 0.3 is 0 Å². The molecule has 1 heterocycles. The van der Waals surface area contributed by atoms with Gasteiger partial charge in [-0.25, -0.2) is 0 Å². The van der Waals surface area contributed by atoms with Gasteiger partial charge < -0.3 is 9.47 Å². The van der Waals surface area contributed by atoms with Crippen LogP contribution in [-0.4, -0.2) is 24.4 Å². The Balaban J connectivity index is 1.40. The lowest BCUT2D eigenvalue weighted by Crippen LogP contribution is -2.41. The highest BCUT2D eigenvalue weighted by atomic mass is 16.7. The molecule has 0 fully saturated rings. The van der Waals surface area contributed by atoms with Crippen molar-refractivity contribution in [2.24, 2.45) is 0 Å². The van der Waals surface area contributed by atoms with E-state index >= 15 is 0 Å². The lowest BCUT2D eigenvalue weighted by Gasteiger charge is -2.08. The molecule has 2 N–H and O–H groups in total. The first kappa shape index (κ1) is 21.4. The van der Waals surface area contributed by atoms with E-state index in [4.69, 9.17) is 9.47 Å². The molecule has 1 aliphatic heterocycles. The molecule has 2 amide bonds. The molecule has 0 saturated heterocycles. The third-order valence-corrected chi connectivity index (χ3v) is 4.87. The first-order valence-electron chi connectivity index (χ1n) is 10.2. The van der Waals surface area contributed by atoms with Gasteiger partial charge in [-0.15, -0.1) is 0 Å². The van der Waals surface area contributed by atoms with Crippen molar-refractivity contribution in [1.29, 1.82) is 0 Å². The van der Waals surface area contributed by atoms with Crippen LogP contribution in [0.4, 0.5) is 0 Å². The van der Waals surface area contributed by atoms with Gasteiger partial charge in [-0.1, -0.05) is 44.0 Å². The summed E-state index contributed by atoms with van der Waals surface area (Å²) in [6.45, 7) is 2.29. The number of nitrogens with one attached hydrogen (secondary N) is 2. The Morgan fingerprint density at radius 2 is 1.60 bits per heavy atom. The highest BCUT2D eigenvalue weighted by molar-refractivity contribution is 5.99. The highest BCUT2D eigenvalue weighted by Gasteiger charge is 2.17. The normalized spacial score (nSPS) is 11.8. The molecule has 0 radical (unpaired) electrons. The number of benzene rings is 2. The molecule has 0 bridgehead atoms. The Hall–Kier alpha value is -3.35. The van der Waals surface area contributed by atoms with Gasteiger partial charge in [0.25, 0.3) is 5.91 Å². The minimum absolute atomic E-state index is 0.0154. The van der Waals surface area contributed by atoms with E-state index in [1.807, 2.05) is 24.3 Å². The van der Waals surface area contributed by atoms with Crippen LogP contribution >= 0.6 is 0 Å². The Kier molecular flexibility index (Phi) is 7.43. The molecule has 2 aromatic rings. The van der Waals surface area contributed by atoms with E-state index < -0.39 is 11.8 Å². The maximum Gasteiger partial charge on any atom is 0.269 e. The summed E-state index contributed by atoms with van der Waals surface area (Å²) in [4.78, 5) is 36.4. The van der Waals surface area contributed by atoms with Gasteiger partial charge in [-0.3, -0.25) is 25.2 Å². The first-order valence-corrected chi connectivity index (χ1v) is 10.2. The molecule has 0 atom stereocenters. The summed E-state index contributed by atoms with van der Waals surface area (Å²) in [7, 11) is 0. The third kappa shape index (κ3) is 5.83. The number of rotatable bonds is 9. The number of hydrogen-bond acceptors (Lipinski definition) is 5. The topological polar surface area (TPSA) is 93.7 Å². The van der Waals surface area contributed by atoms with Gasteiger partial charge in [0.15, 0.2) is 17.3 Å². The molecule has 0 aliphatic carbocycles. The van der Waals surface area contributed by atoms with Crippen molar-refractivity contribution >= 4 is 17.6 Å². The first-order chi connectivity index (χ1) is 14.6. The Labute approximate surface area is 175 Å². The van der Waals surface area contributed by atoms with Crippen molar-refractivity contribution in [3.05, 3.63) is 59.2 Å². The zero-order chi connectivity index (χ0) is 21.3. The zero-order valence-electron chi connectivity index (χ0n) is 17.0. The Morgan fingerprint density at radius 1 is 0.867 bits per heavy atom. The average Bonchev–Trinajstić information content (AvgIpc) is 3.24. The quantitative estimate of drug-likeness (QED) is 0.374. The minimum Gasteiger partial charge on any atom is -0.454 e. The van der Waals surface area contributed by atoms with E-state index in [0.29, 0.717) is 22.6 Å². The van der Waals surface area contributed by atoms with E-state index in [0.717, 1.165) is 12.8 Å². The predicted octanol–water partition coefficient (Wildman–Crippen LogP) is 3.57. The largest absolute Gasteiger partial charge is 0.454 e. The van der Waals surface area contributed by atoms with Crippen molar-refractivity contribution in [2.45, 2.75) is 45.4 Å². The predicted molar refractivity (Wildman–Crippen MR) is 111 cm³/mol. The number of hydrogen-bond donors (Lipinski definition) is 2. The summed E-state index contributed by atoms with van der Waals surface area (Å²) in [6.07, 6.45) is 4.58. The van der Waals surface area contributed by atoms with Crippen LogP contribution in [0.5, 0.6) is 11.5 Å². The van der Waals surface area contributed by atoms with E-state index in [1.165, 1.54) is 18.4 Å². The molecule has 1 aliphatic rings. The number of fused-ring (bicyclic) bond motifs is 1. The van der Waals surface area contributed by atoms with Crippen molar-refractivity contribution in [1.82, 2.24) is 10.9 Å². The molecule has 7 heteroatoms. The fourth-order valence-corrected chi connectivity index (χ4v) is 3.11. The molecule has 158 valence electrons. The van der Waals surface area contributed by atoms with Gasteiger partial charge in [-0.2, -0.15) is 0 Å². The molecular weight excluding hydrogens is 384 g/mol. The molecule has 0 spiro atoms. The SMILES string of the molecule is CCCCCc1ccc(C(=O)CCC(=O)NNC(=O)c2ccc3c(c2)OCO3)cc1. The molecule has 30 heavy (non-hydrogen) atoms. The maximum absolute atomic E-state index is 12.3. The van der Waals surface area contributed by atoms with Crippen LogP contribution in [0.15, 0.2) is 42.5 Å². The van der Waals surface area contributed by atoms with Gasteiger partial charge in [-0.05, 0) is 36.6 Å². The summed E-state index contributed by atoms with van der Waals surface area (Å²) in [5.74, 6) is 0.0340. The lowest BCUT2D eigenvalue weighted by atomic mass is 10.0. The fraction of sp³-hybridized carbons (Fsp3) is 0.348. The third-order valence-electron chi connectivity index (χ3n) is 4.87. The van der Waals surface area contributed by atoms with Crippen LogP contribution in [0.2, 0.25) is 0 Å². The molecular formula is C23H26N2O5. The maximum atomic E-state index is 12.3. The number of unbranched alkanes of at least 4 members (excludes halogenated alkanes) is 2. The van der Waals surface area contributed by atoms with Crippen LogP contribution < -0.4 is 20.3 Å². The van der Waals surface area contributed by atoms with Gasteiger partial charge in [0.05, 0.1) is 0 Å². The minimum atomic E-state index is -0.480. The van der Waals surface area contributed by atoms with Gasteiger partial charge in [0.2, 0.25) is 12.7 Å². The van der Waals surface area contributed by atoms with E-state index in [2.05, 4.69) is 17.8 Å². The average molecular weight is 410 g/mol. The molecule has 7 nitrogen and oxygen atoms in total. The molecule has 3 rings (SSSR count). The number of Topliss-reactive ketones (excluding diaryl/α,β-unsaturated/α-hetero) is 1. The number of hydrazine groups is 1.